The van der Waals surface area contributed by atoms with Gasteiger partial charge >= 0.3 is 6.18 Å². The molecule has 0 amide bonds. The van der Waals surface area contributed by atoms with Crippen LogP contribution in [0.25, 0.3) is 0 Å². The lowest BCUT2D eigenvalue weighted by molar-refractivity contribution is -0.137. The third kappa shape index (κ3) is 2.56. The molecule has 1 saturated carbocycles. The zero-order valence-electron chi connectivity index (χ0n) is 9.57. The van der Waals surface area contributed by atoms with Gasteiger partial charge in [-0.05, 0) is 30.5 Å². The minimum absolute atomic E-state index is 0.0117. The molecule has 1 aliphatic rings. The molecule has 1 aromatic rings. The maximum Gasteiger partial charge on any atom is 0.416 e. The van der Waals surface area contributed by atoms with Crippen LogP contribution in [0, 0.1) is 5.92 Å². The first-order valence-electron chi connectivity index (χ1n) is 5.77. The van der Waals surface area contributed by atoms with Gasteiger partial charge in [-0.3, -0.25) is 4.79 Å². The summed E-state index contributed by atoms with van der Waals surface area (Å²) in [6, 6.07) is 4.33. The normalized spacial score (nSPS) is 22.2. The average Bonchev–Trinajstić information content (AvgIpc) is 2.73. The summed E-state index contributed by atoms with van der Waals surface area (Å²) < 4.78 is 37.1. The molecule has 0 heterocycles. The van der Waals surface area contributed by atoms with Gasteiger partial charge in [0.05, 0.1) is 11.7 Å². The first-order chi connectivity index (χ1) is 8.39. The van der Waals surface area contributed by atoms with Crippen LogP contribution < -0.4 is 0 Å². The Morgan fingerprint density at radius 1 is 1.22 bits per heavy atom. The van der Waals surface area contributed by atoms with Gasteiger partial charge < -0.3 is 5.11 Å². The maximum absolute atomic E-state index is 12.4. The van der Waals surface area contributed by atoms with Crippen molar-refractivity contribution < 1.29 is 23.1 Å². The van der Waals surface area contributed by atoms with E-state index in [-0.39, 0.29) is 5.78 Å². The van der Waals surface area contributed by atoms with Crippen LogP contribution in [-0.2, 0) is 11.0 Å². The number of Topliss-reactive ketones (excluding diaryl/α,β-unsaturated/α-hetero) is 1. The van der Waals surface area contributed by atoms with Crippen LogP contribution in [-0.4, -0.2) is 10.9 Å². The number of ketones is 1. The van der Waals surface area contributed by atoms with E-state index in [1.165, 1.54) is 12.1 Å². The van der Waals surface area contributed by atoms with Gasteiger partial charge in [-0.1, -0.05) is 12.1 Å². The van der Waals surface area contributed by atoms with Gasteiger partial charge in [-0.25, -0.2) is 0 Å². The second kappa shape index (κ2) is 4.72. The quantitative estimate of drug-likeness (QED) is 0.885. The lowest BCUT2D eigenvalue weighted by Crippen LogP contribution is -2.17. The number of halogens is 3. The number of benzene rings is 1. The second-order valence-corrected chi connectivity index (χ2v) is 4.53. The minimum Gasteiger partial charge on any atom is -0.388 e. The summed E-state index contributed by atoms with van der Waals surface area (Å²) in [7, 11) is 0. The zero-order valence-corrected chi connectivity index (χ0v) is 9.57. The Hall–Kier alpha value is -1.36. The van der Waals surface area contributed by atoms with E-state index < -0.39 is 23.8 Å². The molecule has 0 bridgehead atoms. The fourth-order valence-corrected chi connectivity index (χ4v) is 2.28. The van der Waals surface area contributed by atoms with E-state index in [9.17, 15) is 23.1 Å². The Labute approximate surface area is 102 Å². The molecular weight excluding hydrogens is 245 g/mol. The number of carbonyl (C=O) groups is 1. The molecule has 2 unspecified atom stereocenters. The number of carbonyl (C=O) groups excluding carboxylic acids is 1. The van der Waals surface area contributed by atoms with Gasteiger partial charge in [-0.2, -0.15) is 13.2 Å². The smallest absolute Gasteiger partial charge is 0.388 e. The van der Waals surface area contributed by atoms with Crippen LogP contribution >= 0.6 is 0 Å². The topological polar surface area (TPSA) is 37.3 Å². The summed E-state index contributed by atoms with van der Waals surface area (Å²) in [5.74, 6) is -0.482. The van der Waals surface area contributed by atoms with Crippen LogP contribution in [0.1, 0.15) is 36.5 Å². The third-order valence-electron chi connectivity index (χ3n) is 3.31. The van der Waals surface area contributed by atoms with Crippen LogP contribution in [0.3, 0.4) is 0 Å². The summed E-state index contributed by atoms with van der Waals surface area (Å²) in [5, 5.41) is 9.98. The van der Waals surface area contributed by atoms with Crippen molar-refractivity contribution in [1.29, 1.82) is 0 Å². The summed E-state index contributed by atoms with van der Waals surface area (Å²) in [6.07, 6.45) is -3.60. The molecule has 5 heteroatoms. The molecule has 18 heavy (non-hydrogen) atoms. The largest absolute Gasteiger partial charge is 0.416 e. The number of alkyl halides is 3. The average molecular weight is 258 g/mol. The number of hydrogen-bond donors (Lipinski definition) is 1. The van der Waals surface area contributed by atoms with E-state index in [4.69, 9.17) is 0 Å². The summed E-state index contributed by atoms with van der Waals surface area (Å²) in [6.45, 7) is 0. The molecule has 1 N–H and O–H groups in total. The Morgan fingerprint density at radius 2 is 1.83 bits per heavy atom. The van der Waals surface area contributed by atoms with E-state index in [1.807, 2.05) is 0 Å². The maximum atomic E-state index is 12.4. The first kappa shape index (κ1) is 13.1. The van der Waals surface area contributed by atoms with Crippen LogP contribution in [0.2, 0.25) is 0 Å². The predicted molar refractivity (Wildman–Crippen MR) is 58.8 cm³/mol. The molecule has 98 valence electrons. The van der Waals surface area contributed by atoms with Crippen LogP contribution in [0.15, 0.2) is 24.3 Å². The third-order valence-corrected chi connectivity index (χ3v) is 3.31. The number of aliphatic hydroxyl groups excluding tert-OH is 1. The Balaban J connectivity index is 2.17. The highest BCUT2D eigenvalue weighted by molar-refractivity contribution is 5.83. The molecule has 2 rings (SSSR count). The standard InChI is InChI=1S/C13H13F3O2/c14-13(15,16)9-6-4-8(5-7-9)12(18)10-2-1-3-11(10)17/h4-7,10,12,18H,1-3H2. The summed E-state index contributed by atoms with van der Waals surface area (Å²) >= 11 is 0. The first-order valence-corrected chi connectivity index (χ1v) is 5.77. The highest BCUT2D eigenvalue weighted by atomic mass is 19.4. The lowest BCUT2D eigenvalue weighted by Gasteiger charge is -2.17. The number of hydrogen-bond acceptors (Lipinski definition) is 2. The molecule has 0 spiro atoms. The van der Waals surface area contributed by atoms with Crippen molar-refractivity contribution in [2.45, 2.75) is 31.5 Å². The zero-order chi connectivity index (χ0) is 13.3. The van der Waals surface area contributed by atoms with Gasteiger partial charge in [0.15, 0.2) is 0 Å². The van der Waals surface area contributed by atoms with Crippen molar-refractivity contribution >= 4 is 5.78 Å². The molecule has 0 saturated heterocycles. The Bertz CT molecular complexity index is 437. The molecule has 1 aliphatic carbocycles. The van der Waals surface area contributed by atoms with E-state index in [1.54, 1.807) is 0 Å². The van der Waals surface area contributed by atoms with Crippen molar-refractivity contribution in [3.8, 4) is 0 Å². The van der Waals surface area contributed by atoms with E-state index >= 15 is 0 Å². The molecule has 2 nitrogen and oxygen atoms in total. The van der Waals surface area contributed by atoms with E-state index in [0.717, 1.165) is 18.6 Å². The van der Waals surface area contributed by atoms with Crippen LogP contribution in [0.4, 0.5) is 13.2 Å². The SMILES string of the molecule is O=C1CCCC1C(O)c1ccc(C(F)(F)F)cc1. The van der Waals surface area contributed by atoms with Crippen LogP contribution in [0.5, 0.6) is 0 Å². The second-order valence-electron chi connectivity index (χ2n) is 4.53. The summed E-state index contributed by atoms with van der Waals surface area (Å²) in [5.41, 5.74) is -0.389. The van der Waals surface area contributed by atoms with Gasteiger partial charge in [0.1, 0.15) is 5.78 Å². The Morgan fingerprint density at radius 3 is 2.28 bits per heavy atom. The molecule has 2 atom stereocenters. The molecule has 1 fully saturated rings. The van der Waals surface area contributed by atoms with Crippen molar-refractivity contribution in [3.63, 3.8) is 0 Å². The van der Waals surface area contributed by atoms with Gasteiger partial charge in [0.2, 0.25) is 0 Å². The number of aliphatic hydroxyl groups is 1. The highest BCUT2D eigenvalue weighted by Crippen LogP contribution is 2.35. The highest BCUT2D eigenvalue weighted by Gasteiger charge is 2.33. The molecule has 0 aliphatic heterocycles. The lowest BCUT2D eigenvalue weighted by atomic mass is 9.93. The fourth-order valence-electron chi connectivity index (χ4n) is 2.28. The molecule has 1 aromatic carbocycles. The molecule has 0 aromatic heterocycles. The van der Waals surface area contributed by atoms with Crippen molar-refractivity contribution in [3.05, 3.63) is 35.4 Å². The van der Waals surface area contributed by atoms with Gasteiger partial charge in [0, 0.05) is 12.3 Å². The minimum atomic E-state index is -4.38. The van der Waals surface area contributed by atoms with Crippen molar-refractivity contribution in [2.75, 3.05) is 0 Å². The van der Waals surface area contributed by atoms with Gasteiger partial charge in [0.25, 0.3) is 0 Å². The van der Waals surface area contributed by atoms with Crippen molar-refractivity contribution in [2.24, 2.45) is 5.92 Å². The van der Waals surface area contributed by atoms with Crippen molar-refractivity contribution in [1.82, 2.24) is 0 Å². The van der Waals surface area contributed by atoms with Gasteiger partial charge in [-0.15, -0.1) is 0 Å². The summed E-state index contributed by atoms with van der Waals surface area (Å²) in [4.78, 5) is 11.5. The van der Waals surface area contributed by atoms with E-state index in [2.05, 4.69) is 0 Å². The fraction of sp³-hybridized carbons (Fsp3) is 0.462. The molecule has 0 radical (unpaired) electrons. The predicted octanol–water partition coefficient (Wildman–Crippen LogP) is 3.11. The van der Waals surface area contributed by atoms with E-state index in [0.29, 0.717) is 18.4 Å². The molecular formula is C13H13F3O2. The Kier molecular flexibility index (Phi) is 3.43. The number of rotatable bonds is 2. The monoisotopic (exact) mass is 258 g/mol.